The Balaban J connectivity index is 0.00000162. The molecule has 1 aliphatic heterocycles. The number of hydrogen-bond acceptors (Lipinski definition) is 2. The average molecular weight is 277 g/mol. The first-order valence-corrected chi connectivity index (χ1v) is 6.02. The summed E-state index contributed by atoms with van der Waals surface area (Å²) in [5.74, 6) is -0.686. The molecule has 0 aromatic heterocycles. The van der Waals surface area contributed by atoms with Crippen molar-refractivity contribution < 1.29 is 8.78 Å². The molecule has 0 spiro atoms. The zero-order chi connectivity index (χ0) is 12.3. The van der Waals surface area contributed by atoms with E-state index in [1.807, 2.05) is 7.05 Å². The fraction of sp³-hybridized carbons (Fsp3) is 0.538. The van der Waals surface area contributed by atoms with Gasteiger partial charge in [-0.2, -0.15) is 0 Å². The van der Waals surface area contributed by atoms with Gasteiger partial charge in [0.15, 0.2) is 0 Å². The highest BCUT2D eigenvalue weighted by Crippen LogP contribution is 2.16. The summed E-state index contributed by atoms with van der Waals surface area (Å²) in [7, 11) is 1.96. The standard InChI is InChI=1S/C13H18F2N2.ClH/c1-16-12-4-6-17(7-5-12)9-10-8-11(14)2-3-13(10)15;/h2-3,8,12,16H,4-7,9H2,1H3;1H. The molecule has 0 saturated carbocycles. The van der Waals surface area contributed by atoms with Gasteiger partial charge < -0.3 is 5.32 Å². The molecular formula is C13H19ClF2N2. The Morgan fingerprint density at radius 2 is 1.94 bits per heavy atom. The zero-order valence-corrected chi connectivity index (χ0v) is 11.3. The molecule has 0 radical (unpaired) electrons. The molecule has 0 unspecified atom stereocenters. The summed E-state index contributed by atoms with van der Waals surface area (Å²) in [6.07, 6.45) is 2.13. The minimum absolute atomic E-state index is 0. The molecule has 0 aliphatic carbocycles. The van der Waals surface area contributed by atoms with Crippen molar-refractivity contribution in [1.29, 1.82) is 0 Å². The van der Waals surface area contributed by atoms with Crippen molar-refractivity contribution in [3.63, 3.8) is 0 Å². The van der Waals surface area contributed by atoms with E-state index in [2.05, 4.69) is 10.2 Å². The molecule has 2 rings (SSSR count). The van der Waals surface area contributed by atoms with E-state index in [1.54, 1.807) is 0 Å². The summed E-state index contributed by atoms with van der Waals surface area (Å²) in [5, 5.41) is 3.25. The van der Waals surface area contributed by atoms with Gasteiger partial charge in [-0.25, -0.2) is 8.78 Å². The first kappa shape index (κ1) is 15.3. The molecule has 1 heterocycles. The van der Waals surface area contributed by atoms with Crippen molar-refractivity contribution in [3.8, 4) is 0 Å². The molecule has 1 N–H and O–H groups in total. The monoisotopic (exact) mass is 276 g/mol. The number of hydrogen-bond donors (Lipinski definition) is 1. The van der Waals surface area contributed by atoms with Crippen molar-refractivity contribution in [1.82, 2.24) is 10.2 Å². The van der Waals surface area contributed by atoms with Gasteiger partial charge in [0.2, 0.25) is 0 Å². The molecule has 1 fully saturated rings. The van der Waals surface area contributed by atoms with Crippen LogP contribution in [0.1, 0.15) is 18.4 Å². The van der Waals surface area contributed by atoms with E-state index in [9.17, 15) is 8.78 Å². The van der Waals surface area contributed by atoms with Crippen LogP contribution >= 0.6 is 12.4 Å². The number of piperidine rings is 1. The molecule has 1 aromatic rings. The number of halogens is 3. The quantitative estimate of drug-likeness (QED) is 0.913. The summed E-state index contributed by atoms with van der Waals surface area (Å²) in [5.41, 5.74) is 0.452. The predicted octanol–water partition coefficient (Wildman–Crippen LogP) is 2.57. The lowest BCUT2D eigenvalue weighted by Gasteiger charge is -2.31. The van der Waals surface area contributed by atoms with E-state index >= 15 is 0 Å². The van der Waals surface area contributed by atoms with Crippen molar-refractivity contribution in [3.05, 3.63) is 35.4 Å². The van der Waals surface area contributed by atoms with Gasteiger partial charge >= 0.3 is 0 Å². The first-order valence-electron chi connectivity index (χ1n) is 6.02. The van der Waals surface area contributed by atoms with Crippen LogP contribution in [0.4, 0.5) is 8.78 Å². The molecule has 2 nitrogen and oxygen atoms in total. The molecule has 18 heavy (non-hydrogen) atoms. The lowest BCUT2D eigenvalue weighted by molar-refractivity contribution is 0.192. The summed E-state index contributed by atoms with van der Waals surface area (Å²) in [4.78, 5) is 2.17. The second kappa shape index (κ2) is 7.02. The van der Waals surface area contributed by atoms with Crippen molar-refractivity contribution in [2.45, 2.75) is 25.4 Å². The number of nitrogens with one attached hydrogen (secondary N) is 1. The fourth-order valence-electron chi connectivity index (χ4n) is 2.29. The molecular weight excluding hydrogens is 258 g/mol. The maximum atomic E-state index is 13.5. The number of likely N-dealkylation sites (tertiary alicyclic amines) is 1. The molecule has 102 valence electrons. The van der Waals surface area contributed by atoms with Gasteiger partial charge in [-0.05, 0) is 51.2 Å². The second-order valence-electron chi connectivity index (χ2n) is 4.57. The van der Waals surface area contributed by atoms with Gasteiger partial charge in [-0.15, -0.1) is 12.4 Å². The van der Waals surface area contributed by atoms with Crippen molar-refractivity contribution in [2.24, 2.45) is 0 Å². The predicted molar refractivity (Wildman–Crippen MR) is 71.0 cm³/mol. The molecule has 0 atom stereocenters. The zero-order valence-electron chi connectivity index (χ0n) is 10.5. The third-order valence-corrected chi connectivity index (χ3v) is 3.40. The van der Waals surface area contributed by atoms with E-state index in [1.165, 1.54) is 12.1 Å². The Labute approximate surface area is 113 Å². The maximum Gasteiger partial charge on any atom is 0.127 e. The second-order valence-corrected chi connectivity index (χ2v) is 4.57. The third-order valence-electron chi connectivity index (χ3n) is 3.40. The Hall–Kier alpha value is -0.710. The highest BCUT2D eigenvalue weighted by molar-refractivity contribution is 5.85. The minimum atomic E-state index is -0.369. The average Bonchev–Trinajstić information content (AvgIpc) is 2.35. The van der Waals surface area contributed by atoms with Crippen molar-refractivity contribution in [2.75, 3.05) is 20.1 Å². The van der Waals surface area contributed by atoms with Gasteiger partial charge in [0.05, 0.1) is 0 Å². The summed E-state index contributed by atoms with van der Waals surface area (Å²) < 4.78 is 26.5. The van der Waals surface area contributed by atoms with Gasteiger partial charge in [-0.3, -0.25) is 4.90 Å². The Bertz CT molecular complexity index is 379. The Morgan fingerprint density at radius 3 is 2.56 bits per heavy atom. The third kappa shape index (κ3) is 3.90. The Morgan fingerprint density at radius 1 is 1.28 bits per heavy atom. The van der Waals surface area contributed by atoms with Crippen LogP contribution < -0.4 is 5.32 Å². The highest BCUT2D eigenvalue weighted by Gasteiger charge is 2.18. The van der Waals surface area contributed by atoms with Crippen LogP contribution in [0, 0.1) is 11.6 Å². The molecule has 0 bridgehead atoms. The lowest BCUT2D eigenvalue weighted by Crippen LogP contribution is -2.40. The van der Waals surface area contributed by atoms with Gasteiger partial charge in [-0.1, -0.05) is 0 Å². The first-order chi connectivity index (χ1) is 8.19. The van der Waals surface area contributed by atoms with Crippen LogP contribution in [0.5, 0.6) is 0 Å². The summed E-state index contributed by atoms with van der Waals surface area (Å²) in [6.45, 7) is 2.36. The fourth-order valence-corrected chi connectivity index (χ4v) is 2.29. The molecule has 1 aromatic carbocycles. The van der Waals surface area contributed by atoms with Gasteiger partial charge in [0, 0.05) is 18.2 Å². The molecule has 1 aliphatic rings. The van der Waals surface area contributed by atoms with E-state index in [4.69, 9.17) is 0 Å². The van der Waals surface area contributed by atoms with Crippen molar-refractivity contribution >= 4 is 12.4 Å². The van der Waals surface area contributed by atoms with E-state index in [0.717, 1.165) is 32.0 Å². The molecule has 0 amide bonds. The van der Waals surface area contributed by atoms with Crippen LogP contribution in [0.15, 0.2) is 18.2 Å². The van der Waals surface area contributed by atoms with Crippen LogP contribution in [-0.4, -0.2) is 31.1 Å². The van der Waals surface area contributed by atoms with Gasteiger partial charge in [0.25, 0.3) is 0 Å². The minimum Gasteiger partial charge on any atom is -0.317 e. The van der Waals surface area contributed by atoms with Crippen LogP contribution in [0.25, 0.3) is 0 Å². The topological polar surface area (TPSA) is 15.3 Å². The maximum absolute atomic E-state index is 13.5. The normalized spacial score (nSPS) is 17.5. The molecule has 5 heteroatoms. The van der Waals surface area contributed by atoms with Gasteiger partial charge in [0.1, 0.15) is 11.6 Å². The van der Waals surface area contributed by atoms with Crippen LogP contribution in [-0.2, 0) is 6.54 Å². The van der Waals surface area contributed by atoms with E-state index in [0.29, 0.717) is 18.2 Å². The van der Waals surface area contributed by atoms with Crippen LogP contribution in [0.3, 0.4) is 0 Å². The highest BCUT2D eigenvalue weighted by atomic mass is 35.5. The van der Waals surface area contributed by atoms with E-state index < -0.39 is 0 Å². The number of nitrogens with zero attached hydrogens (tertiary/aromatic N) is 1. The number of rotatable bonds is 3. The summed E-state index contributed by atoms with van der Waals surface area (Å²) >= 11 is 0. The SMILES string of the molecule is CNC1CCN(Cc2cc(F)ccc2F)CC1.Cl. The smallest absolute Gasteiger partial charge is 0.127 e. The largest absolute Gasteiger partial charge is 0.317 e. The van der Waals surface area contributed by atoms with E-state index in [-0.39, 0.29) is 24.0 Å². The van der Waals surface area contributed by atoms with Crippen LogP contribution in [0.2, 0.25) is 0 Å². The molecule has 1 saturated heterocycles. The summed E-state index contributed by atoms with van der Waals surface area (Å²) in [6, 6.07) is 4.21. The Kier molecular flexibility index (Phi) is 5.99. The number of benzene rings is 1. The lowest BCUT2D eigenvalue weighted by atomic mass is 10.0.